The predicted molar refractivity (Wildman–Crippen MR) is 119 cm³/mol. The van der Waals surface area contributed by atoms with Gasteiger partial charge in [-0.1, -0.05) is 17.7 Å². The van der Waals surface area contributed by atoms with Crippen molar-refractivity contribution in [2.75, 3.05) is 20.3 Å². The Morgan fingerprint density at radius 1 is 1.27 bits per heavy atom. The van der Waals surface area contributed by atoms with Gasteiger partial charge in [-0.2, -0.15) is 0 Å². The molecular formula is C22H27ClN4O3. The minimum Gasteiger partial charge on any atom is -0.385 e. The fraction of sp³-hybridized carbons (Fsp3) is 0.409. The molecule has 1 aromatic carbocycles. The standard InChI is InChI=1S/C22H27ClN4O3/c1-14-6-7-17(23)12-18(14)27-16(3)15(2)20-21(27)25-13-26(22(20)29)10-8-19(28)24-9-5-11-30-4/h6-7,12-13H,5,8-11H2,1-4H3,(H,24,28). The van der Waals surface area contributed by atoms with Crippen molar-refractivity contribution in [1.29, 1.82) is 0 Å². The fourth-order valence-corrected chi connectivity index (χ4v) is 3.68. The number of amides is 1. The summed E-state index contributed by atoms with van der Waals surface area (Å²) in [4.78, 5) is 29.7. The average molecular weight is 431 g/mol. The second-order valence-corrected chi connectivity index (χ2v) is 7.80. The molecule has 0 aliphatic rings. The molecule has 160 valence electrons. The van der Waals surface area contributed by atoms with E-state index in [0.717, 1.165) is 28.9 Å². The number of carbonyl (C=O) groups is 1. The molecule has 1 N–H and O–H groups in total. The molecule has 0 aliphatic heterocycles. The molecule has 0 aliphatic carbocycles. The second kappa shape index (κ2) is 9.45. The molecule has 3 aromatic rings. The van der Waals surface area contributed by atoms with Gasteiger partial charge < -0.3 is 10.1 Å². The zero-order valence-corrected chi connectivity index (χ0v) is 18.5. The maximum absolute atomic E-state index is 13.1. The summed E-state index contributed by atoms with van der Waals surface area (Å²) in [6.07, 6.45) is 2.48. The number of fused-ring (bicyclic) bond motifs is 1. The van der Waals surface area contributed by atoms with E-state index in [9.17, 15) is 9.59 Å². The average Bonchev–Trinajstić information content (AvgIpc) is 2.97. The van der Waals surface area contributed by atoms with Crippen molar-refractivity contribution < 1.29 is 9.53 Å². The molecular weight excluding hydrogens is 404 g/mol. The van der Waals surface area contributed by atoms with Gasteiger partial charge in [-0.05, 0) is 50.5 Å². The van der Waals surface area contributed by atoms with E-state index in [1.807, 2.05) is 43.5 Å². The summed E-state index contributed by atoms with van der Waals surface area (Å²) in [5.41, 5.74) is 4.20. The summed E-state index contributed by atoms with van der Waals surface area (Å²) >= 11 is 6.21. The minimum absolute atomic E-state index is 0.0990. The van der Waals surface area contributed by atoms with Gasteiger partial charge in [0.25, 0.3) is 5.56 Å². The fourth-order valence-electron chi connectivity index (χ4n) is 3.52. The summed E-state index contributed by atoms with van der Waals surface area (Å²) in [7, 11) is 1.63. The highest BCUT2D eigenvalue weighted by Gasteiger charge is 2.19. The lowest BCUT2D eigenvalue weighted by atomic mass is 10.2. The van der Waals surface area contributed by atoms with Crippen molar-refractivity contribution in [1.82, 2.24) is 19.4 Å². The SMILES string of the molecule is COCCCNC(=O)CCn1cnc2c(c(C)c(C)n2-c2cc(Cl)ccc2C)c1=O. The van der Waals surface area contributed by atoms with Crippen LogP contribution in [0.2, 0.25) is 5.02 Å². The molecule has 2 heterocycles. The molecule has 0 bridgehead atoms. The van der Waals surface area contributed by atoms with Gasteiger partial charge in [0.05, 0.1) is 17.4 Å². The van der Waals surface area contributed by atoms with Gasteiger partial charge in [-0.3, -0.25) is 18.7 Å². The molecule has 8 heteroatoms. The number of nitrogens with one attached hydrogen (secondary N) is 1. The van der Waals surface area contributed by atoms with Crippen molar-refractivity contribution >= 4 is 28.5 Å². The number of benzene rings is 1. The highest BCUT2D eigenvalue weighted by Crippen LogP contribution is 2.28. The summed E-state index contributed by atoms with van der Waals surface area (Å²) in [5.74, 6) is -0.0990. The summed E-state index contributed by atoms with van der Waals surface area (Å²) < 4.78 is 8.43. The third-order valence-corrected chi connectivity index (χ3v) is 5.56. The van der Waals surface area contributed by atoms with Gasteiger partial charge >= 0.3 is 0 Å². The quantitative estimate of drug-likeness (QED) is 0.556. The van der Waals surface area contributed by atoms with E-state index in [0.29, 0.717) is 29.2 Å². The predicted octanol–water partition coefficient (Wildman–Crippen LogP) is 3.31. The second-order valence-electron chi connectivity index (χ2n) is 7.36. The maximum Gasteiger partial charge on any atom is 0.263 e. The number of carbonyl (C=O) groups excluding carboxylic acids is 1. The number of nitrogens with zero attached hydrogens (tertiary/aromatic N) is 3. The highest BCUT2D eigenvalue weighted by atomic mass is 35.5. The third-order valence-electron chi connectivity index (χ3n) is 5.32. The lowest BCUT2D eigenvalue weighted by Crippen LogP contribution is -2.28. The molecule has 3 rings (SSSR count). The molecule has 7 nitrogen and oxygen atoms in total. The van der Waals surface area contributed by atoms with Crippen LogP contribution in [-0.2, 0) is 16.1 Å². The van der Waals surface area contributed by atoms with Crippen molar-refractivity contribution in [3.63, 3.8) is 0 Å². The van der Waals surface area contributed by atoms with E-state index in [4.69, 9.17) is 16.3 Å². The number of hydrogen-bond donors (Lipinski definition) is 1. The zero-order valence-electron chi connectivity index (χ0n) is 17.8. The first kappa shape index (κ1) is 22.1. The van der Waals surface area contributed by atoms with E-state index < -0.39 is 0 Å². The topological polar surface area (TPSA) is 78.2 Å². The van der Waals surface area contributed by atoms with Crippen LogP contribution in [0.25, 0.3) is 16.7 Å². The first-order valence-corrected chi connectivity index (χ1v) is 10.3. The Bertz CT molecular complexity index is 1130. The van der Waals surface area contributed by atoms with Crippen LogP contribution in [0, 0.1) is 20.8 Å². The summed E-state index contributed by atoms with van der Waals surface area (Å²) in [6.45, 7) is 7.32. The van der Waals surface area contributed by atoms with E-state index in [1.165, 1.54) is 10.9 Å². The molecule has 0 unspecified atom stereocenters. The van der Waals surface area contributed by atoms with Crippen molar-refractivity contribution in [3.05, 3.63) is 56.7 Å². The minimum atomic E-state index is -0.147. The van der Waals surface area contributed by atoms with Gasteiger partial charge in [0, 0.05) is 43.9 Å². The normalized spacial score (nSPS) is 11.2. The van der Waals surface area contributed by atoms with Crippen LogP contribution < -0.4 is 10.9 Å². The Labute approximate surface area is 180 Å². The van der Waals surface area contributed by atoms with Crippen LogP contribution in [0.1, 0.15) is 29.7 Å². The molecule has 2 aromatic heterocycles. The Kier molecular flexibility index (Phi) is 6.95. The number of aromatic nitrogens is 3. The van der Waals surface area contributed by atoms with E-state index in [2.05, 4.69) is 10.3 Å². The van der Waals surface area contributed by atoms with Gasteiger partial charge in [-0.25, -0.2) is 4.98 Å². The van der Waals surface area contributed by atoms with Crippen molar-refractivity contribution in [3.8, 4) is 5.69 Å². The van der Waals surface area contributed by atoms with Crippen molar-refractivity contribution in [2.45, 2.75) is 40.2 Å². The first-order valence-electron chi connectivity index (χ1n) is 9.94. The number of halogens is 1. The molecule has 0 fully saturated rings. The van der Waals surface area contributed by atoms with E-state index in [1.54, 1.807) is 7.11 Å². The number of ether oxygens (including phenoxy) is 1. The molecule has 0 atom stereocenters. The molecule has 0 spiro atoms. The van der Waals surface area contributed by atoms with Crippen LogP contribution in [0.4, 0.5) is 0 Å². The van der Waals surface area contributed by atoms with Crippen LogP contribution in [0.3, 0.4) is 0 Å². The monoisotopic (exact) mass is 430 g/mol. The molecule has 0 radical (unpaired) electrons. The Balaban J connectivity index is 1.90. The van der Waals surface area contributed by atoms with E-state index in [-0.39, 0.29) is 24.4 Å². The molecule has 30 heavy (non-hydrogen) atoms. The number of hydrogen-bond acceptors (Lipinski definition) is 4. The number of methoxy groups -OCH3 is 1. The lowest BCUT2D eigenvalue weighted by molar-refractivity contribution is -0.121. The van der Waals surface area contributed by atoms with Crippen LogP contribution >= 0.6 is 11.6 Å². The molecule has 0 saturated carbocycles. The maximum atomic E-state index is 13.1. The van der Waals surface area contributed by atoms with Crippen LogP contribution in [-0.4, -0.2) is 40.3 Å². The Morgan fingerprint density at radius 3 is 2.77 bits per heavy atom. The van der Waals surface area contributed by atoms with Crippen LogP contribution in [0.15, 0.2) is 29.3 Å². The van der Waals surface area contributed by atoms with E-state index >= 15 is 0 Å². The van der Waals surface area contributed by atoms with Gasteiger partial charge in [0.15, 0.2) is 5.65 Å². The van der Waals surface area contributed by atoms with Crippen LogP contribution in [0.5, 0.6) is 0 Å². The summed E-state index contributed by atoms with van der Waals surface area (Å²) in [5, 5.41) is 4.02. The molecule has 0 saturated heterocycles. The smallest absolute Gasteiger partial charge is 0.263 e. The highest BCUT2D eigenvalue weighted by molar-refractivity contribution is 6.30. The third kappa shape index (κ3) is 4.42. The Morgan fingerprint density at radius 2 is 2.03 bits per heavy atom. The van der Waals surface area contributed by atoms with Gasteiger partial charge in [0.1, 0.15) is 0 Å². The first-order chi connectivity index (χ1) is 14.3. The molecule has 1 amide bonds. The van der Waals surface area contributed by atoms with Gasteiger partial charge in [-0.15, -0.1) is 0 Å². The largest absolute Gasteiger partial charge is 0.385 e. The summed E-state index contributed by atoms with van der Waals surface area (Å²) in [6, 6.07) is 5.67. The lowest BCUT2D eigenvalue weighted by Gasteiger charge is -2.12. The number of rotatable bonds is 8. The van der Waals surface area contributed by atoms with Crippen molar-refractivity contribution in [2.24, 2.45) is 0 Å². The number of aryl methyl sites for hydroxylation is 3. The Hall–Kier alpha value is -2.64. The van der Waals surface area contributed by atoms with Gasteiger partial charge in [0.2, 0.25) is 5.91 Å². The zero-order chi connectivity index (χ0) is 21.8.